The Balaban J connectivity index is 2.11. The highest BCUT2D eigenvalue weighted by Crippen LogP contribution is 2.28. The van der Waals surface area contributed by atoms with Crippen molar-refractivity contribution in [2.45, 2.75) is 64.8 Å². The zero-order valence-electron chi connectivity index (χ0n) is 12.6. The van der Waals surface area contributed by atoms with Crippen molar-refractivity contribution in [3.05, 3.63) is 5.82 Å². The molecule has 0 amide bonds. The van der Waals surface area contributed by atoms with Crippen LogP contribution in [-0.2, 0) is 0 Å². The molecular formula is C15H26N4O. The summed E-state index contributed by atoms with van der Waals surface area (Å²) < 4.78 is 5.61. The Morgan fingerprint density at radius 3 is 2.55 bits per heavy atom. The predicted octanol–water partition coefficient (Wildman–Crippen LogP) is 3.29. The molecule has 1 aromatic heterocycles. The molecular weight excluding hydrogens is 252 g/mol. The van der Waals surface area contributed by atoms with Gasteiger partial charge in [-0.1, -0.05) is 32.6 Å². The van der Waals surface area contributed by atoms with E-state index in [1.165, 1.54) is 38.5 Å². The van der Waals surface area contributed by atoms with E-state index in [1.807, 2.05) is 6.92 Å². The number of nitrogen functional groups attached to an aromatic ring is 1. The van der Waals surface area contributed by atoms with E-state index >= 15 is 0 Å². The maximum Gasteiger partial charge on any atom is 0.242 e. The molecule has 1 aliphatic rings. The lowest BCUT2D eigenvalue weighted by Crippen LogP contribution is -2.21. The Morgan fingerprint density at radius 1 is 1.20 bits per heavy atom. The molecule has 3 N–H and O–H groups in total. The number of aryl methyl sites for hydroxylation is 1. The van der Waals surface area contributed by atoms with Crippen LogP contribution in [0.1, 0.15) is 57.7 Å². The zero-order chi connectivity index (χ0) is 14.4. The van der Waals surface area contributed by atoms with E-state index in [4.69, 9.17) is 10.5 Å². The largest absolute Gasteiger partial charge is 0.476 e. The molecule has 0 radical (unpaired) electrons. The topological polar surface area (TPSA) is 73.1 Å². The number of anilines is 2. The lowest BCUT2D eigenvalue weighted by atomic mass is 10.1. The van der Waals surface area contributed by atoms with Crippen molar-refractivity contribution in [1.82, 2.24) is 9.97 Å². The summed E-state index contributed by atoms with van der Waals surface area (Å²) in [6.45, 7) is 4.56. The van der Waals surface area contributed by atoms with Crippen LogP contribution < -0.4 is 15.8 Å². The summed E-state index contributed by atoms with van der Waals surface area (Å²) in [5.41, 5.74) is 6.67. The second kappa shape index (κ2) is 7.31. The lowest BCUT2D eigenvalue weighted by molar-refractivity contribution is 0.306. The van der Waals surface area contributed by atoms with Gasteiger partial charge in [-0.3, -0.25) is 0 Å². The Hall–Kier alpha value is -1.52. The van der Waals surface area contributed by atoms with E-state index in [2.05, 4.69) is 22.2 Å². The number of nitrogens with one attached hydrogen (secondary N) is 1. The highest BCUT2D eigenvalue weighted by atomic mass is 16.5. The maximum atomic E-state index is 6.14. The fourth-order valence-electron chi connectivity index (χ4n) is 2.59. The summed E-state index contributed by atoms with van der Waals surface area (Å²) in [6, 6.07) is 0.466. The average molecular weight is 278 g/mol. The molecule has 0 aromatic carbocycles. The van der Waals surface area contributed by atoms with Crippen molar-refractivity contribution in [2.24, 2.45) is 0 Å². The normalized spacial score (nSPS) is 16.7. The molecule has 1 fully saturated rings. The van der Waals surface area contributed by atoms with Gasteiger partial charge >= 0.3 is 0 Å². The second-order valence-corrected chi connectivity index (χ2v) is 5.52. The number of rotatable bonds is 5. The first-order valence-electron chi connectivity index (χ1n) is 7.74. The second-order valence-electron chi connectivity index (χ2n) is 5.52. The highest BCUT2D eigenvalue weighted by Gasteiger charge is 2.17. The van der Waals surface area contributed by atoms with Gasteiger partial charge in [0.25, 0.3) is 0 Å². The average Bonchev–Trinajstić information content (AvgIpc) is 2.69. The van der Waals surface area contributed by atoms with Gasteiger partial charge in [0.1, 0.15) is 11.5 Å². The van der Waals surface area contributed by atoms with Gasteiger partial charge in [-0.25, -0.2) is 4.98 Å². The molecule has 0 aliphatic heterocycles. The van der Waals surface area contributed by atoms with Crippen LogP contribution in [-0.4, -0.2) is 22.6 Å². The molecule has 0 unspecified atom stereocenters. The van der Waals surface area contributed by atoms with Crippen LogP contribution in [0.2, 0.25) is 0 Å². The molecule has 112 valence electrons. The summed E-state index contributed by atoms with van der Waals surface area (Å²) in [6.07, 6.45) is 8.54. The fourth-order valence-corrected chi connectivity index (χ4v) is 2.59. The summed E-state index contributed by atoms with van der Waals surface area (Å²) in [7, 11) is 0. The van der Waals surface area contributed by atoms with Gasteiger partial charge in [0.05, 0.1) is 6.61 Å². The molecule has 5 nitrogen and oxygen atoms in total. The molecule has 1 aromatic rings. The van der Waals surface area contributed by atoms with E-state index < -0.39 is 0 Å². The van der Waals surface area contributed by atoms with Gasteiger partial charge in [0, 0.05) is 6.04 Å². The number of ether oxygens (including phenoxy) is 1. The van der Waals surface area contributed by atoms with Crippen molar-refractivity contribution in [3.63, 3.8) is 0 Å². The van der Waals surface area contributed by atoms with Gasteiger partial charge in [-0.05, 0) is 26.2 Å². The monoisotopic (exact) mass is 278 g/mol. The van der Waals surface area contributed by atoms with Crippen LogP contribution in [0.4, 0.5) is 11.5 Å². The number of nitrogens with two attached hydrogens (primary N) is 1. The van der Waals surface area contributed by atoms with Gasteiger partial charge in [-0.15, -0.1) is 0 Å². The molecule has 1 heterocycles. The molecule has 20 heavy (non-hydrogen) atoms. The van der Waals surface area contributed by atoms with E-state index in [0.717, 1.165) is 12.2 Å². The maximum absolute atomic E-state index is 6.14. The SMILES string of the molecule is CCCOc1nc(C)nc(NC2CCCCCC2)c1N. The van der Waals surface area contributed by atoms with Crippen LogP contribution in [0.15, 0.2) is 0 Å². The minimum atomic E-state index is 0.466. The van der Waals surface area contributed by atoms with Gasteiger partial charge < -0.3 is 15.8 Å². The fraction of sp³-hybridized carbons (Fsp3) is 0.733. The molecule has 5 heteroatoms. The van der Waals surface area contributed by atoms with Gasteiger partial charge in [0.15, 0.2) is 5.82 Å². The highest BCUT2D eigenvalue weighted by molar-refractivity contribution is 5.67. The smallest absolute Gasteiger partial charge is 0.242 e. The molecule has 1 saturated carbocycles. The Labute approximate surface area is 121 Å². The van der Waals surface area contributed by atoms with Crippen molar-refractivity contribution in [2.75, 3.05) is 17.7 Å². The summed E-state index contributed by atoms with van der Waals surface area (Å²) in [4.78, 5) is 8.72. The zero-order valence-corrected chi connectivity index (χ0v) is 12.6. The Kier molecular flexibility index (Phi) is 5.44. The third-order valence-corrected chi connectivity index (χ3v) is 3.66. The Morgan fingerprint density at radius 2 is 1.90 bits per heavy atom. The van der Waals surface area contributed by atoms with Gasteiger partial charge in [-0.2, -0.15) is 4.98 Å². The number of aromatic nitrogens is 2. The number of nitrogens with zero attached hydrogens (tertiary/aromatic N) is 2. The Bertz CT molecular complexity index is 428. The first-order valence-corrected chi connectivity index (χ1v) is 7.74. The first-order chi connectivity index (χ1) is 9.70. The molecule has 0 atom stereocenters. The van der Waals surface area contributed by atoms with Crippen LogP contribution >= 0.6 is 0 Å². The van der Waals surface area contributed by atoms with Crippen LogP contribution in [0.3, 0.4) is 0 Å². The number of hydrogen-bond acceptors (Lipinski definition) is 5. The summed E-state index contributed by atoms with van der Waals surface area (Å²) in [5, 5.41) is 3.49. The molecule has 0 saturated heterocycles. The third-order valence-electron chi connectivity index (χ3n) is 3.66. The minimum absolute atomic E-state index is 0.466. The quantitative estimate of drug-likeness (QED) is 0.808. The van der Waals surface area contributed by atoms with Crippen LogP contribution in [0, 0.1) is 6.92 Å². The van der Waals surface area contributed by atoms with Crippen molar-refractivity contribution < 1.29 is 4.74 Å². The molecule has 0 bridgehead atoms. The van der Waals surface area contributed by atoms with E-state index in [1.54, 1.807) is 0 Å². The number of hydrogen-bond donors (Lipinski definition) is 2. The van der Waals surface area contributed by atoms with Crippen molar-refractivity contribution >= 4 is 11.5 Å². The predicted molar refractivity (Wildman–Crippen MR) is 82.1 cm³/mol. The van der Waals surface area contributed by atoms with Crippen molar-refractivity contribution in [1.29, 1.82) is 0 Å². The lowest BCUT2D eigenvalue weighted by Gasteiger charge is -2.19. The molecule has 1 aliphatic carbocycles. The van der Waals surface area contributed by atoms with Crippen LogP contribution in [0.25, 0.3) is 0 Å². The summed E-state index contributed by atoms with van der Waals surface area (Å²) >= 11 is 0. The van der Waals surface area contributed by atoms with E-state index in [0.29, 0.717) is 30.0 Å². The standard InChI is InChI=1S/C15H26N4O/c1-3-10-20-15-13(16)14(17-11(2)18-15)19-12-8-6-4-5-7-9-12/h12H,3-10,16H2,1-2H3,(H,17,18,19). The third kappa shape index (κ3) is 3.99. The summed E-state index contributed by atoms with van der Waals surface area (Å²) in [5.74, 6) is 1.94. The van der Waals surface area contributed by atoms with E-state index in [-0.39, 0.29) is 0 Å². The molecule has 2 rings (SSSR count). The minimum Gasteiger partial charge on any atom is -0.476 e. The van der Waals surface area contributed by atoms with Gasteiger partial charge in [0.2, 0.25) is 5.88 Å². The first kappa shape index (κ1) is 14.9. The van der Waals surface area contributed by atoms with Crippen molar-refractivity contribution in [3.8, 4) is 5.88 Å². The van der Waals surface area contributed by atoms with Crippen LogP contribution in [0.5, 0.6) is 5.88 Å². The van der Waals surface area contributed by atoms with E-state index in [9.17, 15) is 0 Å². The molecule has 0 spiro atoms.